The third-order valence-corrected chi connectivity index (χ3v) is 2.85. The molecule has 1 atom stereocenters. The van der Waals surface area contributed by atoms with Gasteiger partial charge >= 0.3 is 12.0 Å². The molecule has 0 bridgehead atoms. The molecule has 1 heterocycles. The van der Waals surface area contributed by atoms with Crippen molar-refractivity contribution in [1.82, 2.24) is 15.6 Å². The Hall–Kier alpha value is -1.63. The van der Waals surface area contributed by atoms with Gasteiger partial charge in [-0.1, -0.05) is 0 Å². The number of aliphatic carboxylic acids is 1. The van der Waals surface area contributed by atoms with Gasteiger partial charge in [0, 0.05) is 11.1 Å². The molecule has 2 amide bonds. The van der Waals surface area contributed by atoms with Crippen LogP contribution in [0.1, 0.15) is 22.9 Å². The van der Waals surface area contributed by atoms with Gasteiger partial charge in [0.1, 0.15) is 11.6 Å². The van der Waals surface area contributed by atoms with E-state index in [0.29, 0.717) is 0 Å². The Balaban J connectivity index is 2.42. The van der Waals surface area contributed by atoms with Crippen molar-refractivity contribution < 1.29 is 14.7 Å². The molecule has 0 radical (unpaired) electrons. The van der Waals surface area contributed by atoms with Gasteiger partial charge in [-0.15, -0.1) is 11.3 Å². The van der Waals surface area contributed by atoms with Gasteiger partial charge in [0.05, 0.1) is 6.04 Å². The number of hydrogen-bond donors (Lipinski definition) is 3. The monoisotopic (exact) mass is 243 g/mol. The molecule has 7 heteroatoms. The fourth-order valence-corrected chi connectivity index (χ4v) is 1.81. The number of urea groups is 1. The summed E-state index contributed by atoms with van der Waals surface area (Å²) in [5.74, 6) is -1.08. The number of carboxylic acid groups (broad SMARTS) is 1. The summed E-state index contributed by atoms with van der Waals surface area (Å²) in [5.41, 5.74) is 0. The molecule has 0 saturated carbocycles. The quantitative estimate of drug-likeness (QED) is 0.732. The van der Waals surface area contributed by atoms with E-state index < -0.39 is 18.5 Å². The lowest BCUT2D eigenvalue weighted by Crippen LogP contribution is -2.39. The number of rotatable bonds is 4. The van der Waals surface area contributed by atoms with Gasteiger partial charge in [-0.25, -0.2) is 9.78 Å². The average molecular weight is 243 g/mol. The van der Waals surface area contributed by atoms with Crippen LogP contribution < -0.4 is 10.6 Å². The molecule has 0 aromatic carbocycles. The zero-order valence-electron chi connectivity index (χ0n) is 8.98. The van der Waals surface area contributed by atoms with Crippen LogP contribution in [0.4, 0.5) is 4.79 Å². The molecule has 0 aliphatic heterocycles. The molecule has 16 heavy (non-hydrogen) atoms. The van der Waals surface area contributed by atoms with Crippen molar-refractivity contribution in [2.24, 2.45) is 0 Å². The molecule has 1 rings (SSSR count). The largest absolute Gasteiger partial charge is 0.480 e. The van der Waals surface area contributed by atoms with Crippen LogP contribution in [0.25, 0.3) is 0 Å². The van der Waals surface area contributed by atoms with Gasteiger partial charge in [0.2, 0.25) is 0 Å². The van der Waals surface area contributed by atoms with Crippen molar-refractivity contribution in [2.45, 2.75) is 19.9 Å². The SMILES string of the molecule is Cc1cnc(C(C)NC(=O)NCC(=O)O)s1. The van der Waals surface area contributed by atoms with E-state index in [1.54, 1.807) is 13.1 Å². The van der Waals surface area contributed by atoms with Crippen LogP contribution in [0, 0.1) is 6.92 Å². The standard InChI is InChI=1S/C9H13N3O3S/c1-5-3-10-8(16-5)6(2)12-9(15)11-4-7(13)14/h3,6H,4H2,1-2H3,(H,13,14)(H2,11,12,15). The number of amides is 2. The number of aromatic nitrogens is 1. The summed E-state index contributed by atoms with van der Waals surface area (Å²) < 4.78 is 0. The van der Waals surface area contributed by atoms with Crippen molar-refractivity contribution in [2.75, 3.05) is 6.54 Å². The number of carbonyl (C=O) groups excluding carboxylic acids is 1. The Labute approximate surface area is 96.7 Å². The van der Waals surface area contributed by atoms with Crippen LogP contribution in [0.2, 0.25) is 0 Å². The zero-order chi connectivity index (χ0) is 12.1. The Morgan fingerprint density at radius 1 is 1.62 bits per heavy atom. The number of nitrogens with one attached hydrogen (secondary N) is 2. The smallest absolute Gasteiger partial charge is 0.323 e. The first-order chi connectivity index (χ1) is 7.49. The van der Waals surface area contributed by atoms with Crippen LogP contribution >= 0.6 is 11.3 Å². The van der Waals surface area contributed by atoms with Crippen LogP contribution in [-0.4, -0.2) is 28.6 Å². The lowest BCUT2D eigenvalue weighted by molar-refractivity contribution is -0.135. The predicted molar refractivity (Wildman–Crippen MR) is 59.4 cm³/mol. The molecule has 0 spiro atoms. The molecule has 3 N–H and O–H groups in total. The number of nitrogens with zero attached hydrogens (tertiary/aromatic N) is 1. The summed E-state index contributed by atoms with van der Waals surface area (Å²) in [4.78, 5) is 26.6. The van der Waals surface area contributed by atoms with E-state index in [1.165, 1.54) is 11.3 Å². The molecular weight excluding hydrogens is 230 g/mol. The van der Waals surface area contributed by atoms with E-state index in [2.05, 4.69) is 15.6 Å². The number of hydrogen-bond acceptors (Lipinski definition) is 4. The minimum Gasteiger partial charge on any atom is -0.480 e. The predicted octanol–water partition coefficient (Wildman–Crippen LogP) is 0.896. The molecule has 6 nitrogen and oxygen atoms in total. The number of carbonyl (C=O) groups is 2. The normalized spacial score (nSPS) is 11.9. The average Bonchev–Trinajstić information content (AvgIpc) is 2.62. The summed E-state index contributed by atoms with van der Waals surface area (Å²) >= 11 is 1.49. The first kappa shape index (κ1) is 12.4. The summed E-state index contributed by atoms with van der Waals surface area (Å²) in [6, 6.07) is -0.741. The second kappa shape index (κ2) is 5.45. The Kier molecular flexibility index (Phi) is 4.24. The highest BCUT2D eigenvalue weighted by molar-refractivity contribution is 7.11. The summed E-state index contributed by atoms with van der Waals surface area (Å²) in [7, 11) is 0. The fourth-order valence-electron chi connectivity index (χ4n) is 1.04. The van der Waals surface area contributed by atoms with E-state index in [4.69, 9.17) is 5.11 Å². The highest BCUT2D eigenvalue weighted by Gasteiger charge is 2.12. The van der Waals surface area contributed by atoms with Crippen LogP contribution in [-0.2, 0) is 4.79 Å². The van der Waals surface area contributed by atoms with Gasteiger partial charge < -0.3 is 15.7 Å². The van der Waals surface area contributed by atoms with E-state index in [0.717, 1.165) is 9.88 Å². The van der Waals surface area contributed by atoms with Crippen LogP contribution in [0.3, 0.4) is 0 Å². The minimum atomic E-state index is -1.08. The number of aryl methyl sites for hydroxylation is 1. The topological polar surface area (TPSA) is 91.3 Å². The van der Waals surface area contributed by atoms with Gasteiger partial charge in [-0.3, -0.25) is 4.79 Å². The lowest BCUT2D eigenvalue weighted by atomic mass is 10.4. The maximum atomic E-state index is 11.2. The van der Waals surface area contributed by atoms with Crippen LogP contribution in [0.5, 0.6) is 0 Å². The van der Waals surface area contributed by atoms with Crippen molar-refractivity contribution >= 4 is 23.3 Å². The summed E-state index contributed by atoms with van der Waals surface area (Å²) in [6.45, 7) is 3.33. The molecule has 0 fully saturated rings. The molecule has 0 aliphatic rings. The molecule has 0 saturated heterocycles. The third kappa shape index (κ3) is 3.85. The van der Waals surface area contributed by atoms with Gasteiger partial charge in [-0.2, -0.15) is 0 Å². The Bertz CT molecular complexity index is 391. The first-order valence-electron chi connectivity index (χ1n) is 4.67. The number of carboxylic acids is 1. The summed E-state index contributed by atoms with van der Waals surface area (Å²) in [6.07, 6.45) is 1.73. The van der Waals surface area contributed by atoms with Crippen molar-refractivity contribution in [3.8, 4) is 0 Å². The van der Waals surface area contributed by atoms with Gasteiger partial charge in [0.15, 0.2) is 0 Å². The van der Waals surface area contributed by atoms with Crippen LogP contribution in [0.15, 0.2) is 6.20 Å². The third-order valence-electron chi connectivity index (χ3n) is 1.76. The maximum absolute atomic E-state index is 11.2. The number of thiazole rings is 1. The van der Waals surface area contributed by atoms with E-state index in [9.17, 15) is 9.59 Å². The van der Waals surface area contributed by atoms with Gasteiger partial charge in [0.25, 0.3) is 0 Å². The fraction of sp³-hybridized carbons (Fsp3) is 0.444. The molecule has 1 unspecified atom stereocenters. The highest BCUT2D eigenvalue weighted by atomic mass is 32.1. The Morgan fingerprint density at radius 3 is 2.81 bits per heavy atom. The first-order valence-corrected chi connectivity index (χ1v) is 5.49. The van der Waals surface area contributed by atoms with Crippen molar-refractivity contribution in [3.63, 3.8) is 0 Å². The molecule has 88 valence electrons. The lowest BCUT2D eigenvalue weighted by Gasteiger charge is -2.11. The maximum Gasteiger partial charge on any atom is 0.323 e. The molecule has 0 aliphatic carbocycles. The van der Waals surface area contributed by atoms with E-state index in [1.807, 2.05) is 6.92 Å². The van der Waals surface area contributed by atoms with Gasteiger partial charge in [-0.05, 0) is 13.8 Å². The van der Waals surface area contributed by atoms with Crippen molar-refractivity contribution in [1.29, 1.82) is 0 Å². The summed E-state index contributed by atoms with van der Waals surface area (Å²) in [5, 5.41) is 14.0. The second-order valence-electron chi connectivity index (χ2n) is 3.25. The minimum absolute atomic E-state index is 0.229. The highest BCUT2D eigenvalue weighted by Crippen LogP contribution is 2.18. The zero-order valence-corrected chi connectivity index (χ0v) is 9.80. The van der Waals surface area contributed by atoms with E-state index in [-0.39, 0.29) is 6.04 Å². The molecule has 1 aromatic rings. The molecule has 1 aromatic heterocycles. The van der Waals surface area contributed by atoms with E-state index >= 15 is 0 Å². The Morgan fingerprint density at radius 2 is 2.31 bits per heavy atom. The second-order valence-corrected chi connectivity index (χ2v) is 4.52. The van der Waals surface area contributed by atoms with Crippen molar-refractivity contribution in [3.05, 3.63) is 16.1 Å². The molecular formula is C9H13N3O3S.